The molecule has 2 N–H and O–H groups in total. The zero-order valence-electron chi connectivity index (χ0n) is 11.5. The van der Waals surface area contributed by atoms with E-state index in [2.05, 4.69) is 22.1 Å². The predicted molar refractivity (Wildman–Crippen MR) is 74.1 cm³/mol. The third kappa shape index (κ3) is 3.80. The van der Waals surface area contributed by atoms with Crippen LogP contribution < -0.4 is 5.32 Å². The number of hydrogen-bond donors (Lipinski definition) is 2. The number of nitrogens with one attached hydrogen (secondary N) is 1. The molecule has 1 amide bonds. The van der Waals surface area contributed by atoms with E-state index in [1.165, 1.54) is 6.20 Å². The first kappa shape index (κ1) is 14.5. The Balaban J connectivity index is 2.02. The first-order chi connectivity index (χ1) is 9.63. The molecule has 1 aliphatic rings. The minimum Gasteiger partial charge on any atom is -0.384 e. The summed E-state index contributed by atoms with van der Waals surface area (Å²) in [5, 5.41) is 11.6. The molecule has 0 saturated carbocycles. The fourth-order valence-corrected chi connectivity index (χ4v) is 2.03. The van der Waals surface area contributed by atoms with Gasteiger partial charge in [-0.15, -0.1) is 0 Å². The lowest BCUT2D eigenvalue weighted by Gasteiger charge is -2.34. The minimum atomic E-state index is -0.230. The first-order valence-electron chi connectivity index (χ1n) is 6.59. The molecule has 106 valence electrons. The number of nitrogens with zero attached hydrogens (tertiary/aromatic N) is 1. The zero-order chi connectivity index (χ0) is 14.4. The number of ether oxygens (including phenoxy) is 1. The quantitative estimate of drug-likeness (QED) is 0.780. The predicted octanol–water partition coefficient (Wildman–Crippen LogP) is 0.724. The number of aliphatic hydroxyl groups is 1. The topological polar surface area (TPSA) is 71.5 Å². The second-order valence-corrected chi connectivity index (χ2v) is 5.02. The molecule has 1 aliphatic heterocycles. The highest BCUT2D eigenvalue weighted by Crippen LogP contribution is 2.20. The zero-order valence-corrected chi connectivity index (χ0v) is 11.5. The van der Waals surface area contributed by atoms with Crippen molar-refractivity contribution >= 4 is 5.91 Å². The standard InChI is InChI=1S/C15H18N2O3/c1-15(6-9-20-10-7-15)17-14(19)13-5-4-12(11-16-13)3-2-8-18/h4-5,11,18H,6-10H2,1H3,(H,17,19). The summed E-state index contributed by atoms with van der Waals surface area (Å²) in [7, 11) is 0. The minimum absolute atomic E-state index is 0.184. The van der Waals surface area contributed by atoms with Gasteiger partial charge in [-0.1, -0.05) is 11.8 Å². The van der Waals surface area contributed by atoms with Crippen LogP contribution in [0.5, 0.6) is 0 Å². The number of carbonyl (C=O) groups excluding carboxylic acids is 1. The molecule has 0 radical (unpaired) electrons. The van der Waals surface area contributed by atoms with E-state index >= 15 is 0 Å². The van der Waals surface area contributed by atoms with Crippen LogP contribution in [0.3, 0.4) is 0 Å². The van der Waals surface area contributed by atoms with Crippen molar-refractivity contribution in [3.05, 3.63) is 29.6 Å². The Labute approximate surface area is 118 Å². The number of rotatable bonds is 2. The van der Waals surface area contributed by atoms with E-state index in [0.717, 1.165) is 12.8 Å². The number of pyridine rings is 1. The van der Waals surface area contributed by atoms with Crippen LogP contribution in [-0.2, 0) is 4.74 Å². The van der Waals surface area contributed by atoms with E-state index in [-0.39, 0.29) is 18.1 Å². The molecule has 0 aromatic carbocycles. The SMILES string of the molecule is CC1(NC(=O)c2ccc(C#CCO)cn2)CCOCC1. The van der Waals surface area contributed by atoms with Gasteiger partial charge in [0, 0.05) is 30.5 Å². The van der Waals surface area contributed by atoms with E-state index in [1.54, 1.807) is 12.1 Å². The Morgan fingerprint density at radius 2 is 2.25 bits per heavy atom. The van der Waals surface area contributed by atoms with Crippen LogP contribution >= 0.6 is 0 Å². The number of amides is 1. The van der Waals surface area contributed by atoms with Crippen LogP contribution in [0.1, 0.15) is 35.8 Å². The van der Waals surface area contributed by atoms with Gasteiger partial charge in [0.2, 0.25) is 0 Å². The van der Waals surface area contributed by atoms with Gasteiger partial charge < -0.3 is 15.2 Å². The third-order valence-electron chi connectivity index (χ3n) is 3.32. The first-order valence-corrected chi connectivity index (χ1v) is 6.59. The second kappa shape index (κ2) is 6.51. The van der Waals surface area contributed by atoms with Crippen molar-refractivity contribution in [1.29, 1.82) is 0 Å². The number of aromatic nitrogens is 1. The molecule has 0 spiro atoms. The average Bonchev–Trinajstić information content (AvgIpc) is 2.46. The molecular weight excluding hydrogens is 256 g/mol. The molecule has 5 heteroatoms. The lowest BCUT2D eigenvalue weighted by Crippen LogP contribution is -2.49. The van der Waals surface area contributed by atoms with Gasteiger partial charge in [0.05, 0.1) is 0 Å². The van der Waals surface area contributed by atoms with Gasteiger partial charge in [-0.2, -0.15) is 0 Å². The summed E-state index contributed by atoms with van der Waals surface area (Å²) in [6.07, 6.45) is 3.14. The second-order valence-electron chi connectivity index (χ2n) is 5.02. The Hall–Kier alpha value is -1.90. The molecule has 0 unspecified atom stereocenters. The van der Waals surface area contributed by atoms with Crippen LogP contribution in [-0.4, -0.2) is 41.4 Å². The van der Waals surface area contributed by atoms with E-state index < -0.39 is 0 Å². The average molecular weight is 274 g/mol. The van der Waals surface area contributed by atoms with Gasteiger partial charge in [0.15, 0.2) is 0 Å². The van der Waals surface area contributed by atoms with Crippen LogP contribution in [0.2, 0.25) is 0 Å². The molecule has 1 aromatic rings. The Bertz CT molecular complexity index is 522. The smallest absolute Gasteiger partial charge is 0.270 e. The van der Waals surface area contributed by atoms with Gasteiger partial charge in [-0.25, -0.2) is 4.98 Å². The van der Waals surface area contributed by atoms with Crippen molar-refractivity contribution in [3.8, 4) is 11.8 Å². The fraction of sp³-hybridized carbons (Fsp3) is 0.467. The molecule has 1 aromatic heterocycles. The summed E-state index contributed by atoms with van der Waals surface area (Å²) in [5.74, 6) is 5.09. The maximum atomic E-state index is 12.2. The van der Waals surface area contributed by atoms with Crippen LogP contribution in [0.25, 0.3) is 0 Å². The van der Waals surface area contributed by atoms with E-state index in [1.807, 2.05) is 6.92 Å². The van der Waals surface area contributed by atoms with E-state index in [4.69, 9.17) is 9.84 Å². The highest BCUT2D eigenvalue weighted by molar-refractivity contribution is 5.92. The maximum absolute atomic E-state index is 12.2. The lowest BCUT2D eigenvalue weighted by molar-refractivity contribution is 0.0421. The molecule has 5 nitrogen and oxygen atoms in total. The molecule has 2 heterocycles. The summed E-state index contributed by atoms with van der Waals surface area (Å²) in [5.41, 5.74) is 0.812. The summed E-state index contributed by atoms with van der Waals surface area (Å²) in [6, 6.07) is 3.36. The highest BCUT2D eigenvalue weighted by Gasteiger charge is 2.29. The van der Waals surface area contributed by atoms with Crippen molar-refractivity contribution in [2.24, 2.45) is 0 Å². The normalized spacial score (nSPS) is 16.9. The van der Waals surface area contributed by atoms with Crippen molar-refractivity contribution in [2.75, 3.05) is 19.8 Å². The van der Waals surface area contributed by atoms with Gasteiger partial charge in [-0.3, -0.25) is 4.79 Å². The fourth-order valence-electron chi connectivity index (χ4n) is 2.03. The molecule has 2 rings (SSSR count). The van der Waals surface area contributed by atoms with Crippen LogP contribution in [0.4, 0.5) is 0 Å². The highest BCUT2D eigenvalue weighted by atomic mass is 16.5. The summed E-state index contributed by atoms with van der Waals surface area (Å²) in [6.45, 7) is 3.16. The molecule has 0 aliphatic carbocycles. The van der Waals surface area contributed by atoms with Gasteiger partial charge >= 0.3 is 0 Å². The summed E-state index contributed by atoms with van der Waals surface area (Å²) < 4.78 is 5.30. The maximum Gasteiger partial charge on any atom is 0.270 e. The van der Waals surface area contributed by atoms with Gasteiger partial charge in [0.1, 0.15) is 12.3 Å². The third-order valence-corrected chi connectivity index (χ3v) is 3.32. The van der Waals surface area contributed by atoms with Crippen molar-refractivity contribution in [2.45, 2.75) is 25.3 Å². The number of aliphatic hydroxyl groups excluding tert-OH is 1. The molecular formula is C15H18N2O3. The lowest BCUT2D eigenvalue weighted by atomic mass is 9.92. The number of carbonyl (C=O) groups is 1. The largest absolute Gasteiger partial charge is 0.384 e. The molecule has 0 bridgehead atoms. The van der Waals surface area contributed by atoms with Crippen molar-refractivity contribution in [3.63, 3.8) is 0 Å². The molecule has 0 atom stereocenters. The Morgan fingerprint density at radius 3 is 2.85 bits per heavy atom. The van der Waals surface area contributed by atoms with Gasteiger partial charge in [-0.05, 0) is 31.9 Å². The van der Waals surface area contributed by atoms with Crippen LogP contribution in [0, 0.1) is 11.8 Å². The monoisotopic (exact) mass is 274 g/mol. The summed E-state index contributed by atoms with van der Waals surface area (Å²) in [4.78, 5) is 16.3. The molecule has 1 saturated heterocycles. The Morgan fingerprint density at radius 1 is 1.50 bits per heavy atom. The van der Waals surface area contributed by atoms with E-state index in [0.29, 0.717) is 24.5 Å². The van der Waals surface area contributed by atoms with Crippen molar-refractivity contribution in [1.82, 2.24) is 10.3 Å². The molecule has 20 heavy (non-hydrogen) atoms. The number of hydrogen-bond acceptors (Lipinski definition) is 4. The Kier molecular flexibility index (Phi) is 4.72. The van der Waals surface area contributed by atoms with Gasteiger partial charge in [0.25, 0.3) is 5.91 Å². The summed E-state index contributed by atoms with van der Waals surface area (Å²) >= 11 is 0. The van der Waals surface area contributed by atoms with Crippen molar-refractivity contribution < 1.29 is 14.6 Å². The van der Waals surface area contributed by atoms with Crippen LogP contribution in [0.15, 0.2) is 18.3 Å². The van der Waals surface area contributed by atoms with E-state index in [9.17, 15) is 4.79 Å². The molecule has 1 fully saturated rings.